The van der Waals surface area contributed by atoms with Gasteiger partial charge in [-0.1, -0.05) is 19.9 Å². The number of pyridine rings is 1. The van der Waals surface area contributed by atoms with Crippen molar-refractivity contribution in [2.24, 2.45) is 5.92 Å². The van der Waals surface area contributed by atoms with Crippen LogP contribution in [0.25, 0.3) is 5.82 Å². The van der Waals surface area contributed by atoms with Gasteiger partial charge in [-0.3, -0.25) is 0 Å². The van der Waals surface area contributed by atoms with Crippen LogP contribution in [0.5, 0.6) is 0 Å². The quantitative estimate of drug-likeness (QED) is 0.891. The Morgan fingerprint density at radius 3 is 2.52 bits per heavy atom. The van der Waals surface area contributed by atoms with Gasteiger partial charge < -0.3 is 10.6 Å². The fraction of sp³-hybridized carbons (Fsp3) is 0.471. The summed E-state index contributed by atoms with van der Waals surface area (Å²) in [4.78, 5) is 16.2. The highest BCUT2D eigenvalue weighted by Crippen LogP contribution is 2.10. The molecule has 0 spiro atoms. The number of nitrogens with one attached hydrogen (secondary N) is 2. The van der Waals surface area contributed by atoms with E-state index in [1.165, 1.54) is 0 Å². The first kappa shape index (κ1) is 17.0. The van der Waals surface area contributed by atoms with Gasteiger partial charge in [0.15, 0.2) is 5.82 Å². The van der Waals surface area contributed by atoms with Crippen LogP contribution < -0.4 is 10.6 Å². The van der Waals surface area contributed by atoms with Crippen molar-refractivity contribution < 1.29 is 4.79 Å². The van der Waals surface area contributed by atoms with E-state index in [1.807, 2.05) is 43.7 Å². The molecule has 2 rings (SSSR count). The summed E-state index contributed by atoms with van der Waals surface area (Å²) in [7, 11) is 0. The Labute approximate surface area is 137 Å². The van der Waals surface area contributed by atoms with Crippen LogP contribution in [0, 0.1) is 19.8 Å². The van der Waals surface area contributed by atoms with Crippen molar-refractivity contribution >= 4 is 6.03 Å². The van der Waals surface area contributed by atoms with E-state index in [1.54, 1.807) is 6.20 Å². The third-order valence-corrected chi connectivity index (χ3v) is 3.85. The van der Waals surface area contributed by atoms with E-state index < -0.39 is 0 Å². The Morgan fingerprint density at radius 2 is 2.00 bits per heavy atom. The molecule has 0 fully saturated rings. The minimum absolute atomic E-state index is 0.140. The third kappa shape index (κ3) is 4.55. The second kappa shape index (κ2) is 7.26. The third-order valence-electron chi connectivity index (χ3n) is 3.85. The summed E-state index contributed by atoms with van der Waals surface area (Å²) in [5.74, 6) is 1.18. The summed E-state index contributed by atoms with van der Waals surface area (Å²) in [5, 5.41) is 10.2. The number of aryl methyl sites for hydroxylation is 2. The molecule has 2 N–H and O–H groups in total. The van der Waals surface area contributed by atoms with E-state index in [4.69, 9.17) is 0 Å². The molecule has 2 aromatic heterocycles. The average molecular weight is 315 g/mol. The predicted octanol–water partition coefficient (Wildman–Crippen LogP) is 2.73. The van der Waals surface area contributed by atoms with Crippen LogP contribution in [0.2, 0.25) is 0 Å². The SMILES string of the molecule is Cc1cc(C)n(-c2ccc(CNC(=O)N[C@@H](C)C(C)C)cn2)n1. The van der Waals surface area contributed by atoms with Crippen molar-refractivity contribution in [2.45, 2.75) is 47.2 Å². The van der Waals surface area contributed by atoms with Gasteiger partial charge in [0.25, 0.3) is 0 Å². The number of carbonyl (C=O) groups is 1. The number of nitrogens with zero attached hydrogens (tertiary/aromatic N) is 3. The lowest BCUT2D eigenvalue weighted by molar-refractivity contribution is 0.234. The first-order valence-electron chi connectivity index (χ1n) is 7.89. The van der Waals surface area contributed by atoms with Gasteiger partial charge in [0.1, 0.15) is 0 Å². The molecule has 0 saturated heterocycles. The molecule has 6 heteroatoms. The summed E-state index contributed by atoms with van der Waals surface area (Å²) in [5.41, 5.74) is 2.96. The number of amides is 2. The van der Waals surface area contributed by atoms with Crippen LogP contribution in [0.15, 0.2) is 24.4 Å². The molecule has 6 nitrogen and oxygen atoms in total. The first-order chi connectivity index (χ1) is 10.9. The molecular weight excluding hydrogens is 290 g/mol. The molecule has 0 aliphatic carbocycles. The van der Waals surface area contributed by atoms with Crippen LogP contribution in [-0.2, 0) is 6.54 Å². The van der Waals surface area contributed by atoms with Gasteiger partial charge in [0, 0.05) is 24.5 Å². The van der Waals surface area contributed by atoms with Crippen molar-refractivity contribution in [1.82, 2.24) is 25.4 Å². The van der Waals surface area contributed by atoms with Crippen molar-refractivity contribution in [3.63, 3.8) is 0 Å². The fourth-order valence-electron chi connectivity index (χ4n) is 2.11. The van der Waals surface area contributed by atoms with Gasteiger partial charge in [0.05, 0.1) is 5.69 Å². The normalized spacial score (nSPS) is 12.3. The van der Waals surface area contributed by atoms with E-state index in [2.05, 4.69) is 34.6 Å². The molecule has 0 saturated carbocycles. The molecular formula is C17H25N5O. The smallest absolute Gasteiger partial charge is 0.315 e. The molecule has 0 aliphatic rings. The summed E-state index contributed by atoms with van der Waals surface area (Å²) in [6.07, 6.45) is 1.76. The van der Waals surface area contributed by atoms with Crippen molar-refractivity contribution in [1.29, 1.82) is 0 Å². The summed E-state index contributed by atoms with van der Waals surface area (Å²) in [6, 6.07) is 5.85. The Bertz CT molecular complexity index is 660. The second-order valence-electron chi connectivity index (χ2n) is 6.22. The van der Waals surface area contributed by atoms with Crippen LogP contribution in [0.4, 0.5) is 4.79 Å². The second-order valence-corrected chi connectivity index (χ2v) is 6.22. The molecule has 0 aromatic carbocycles. The van der Waals surface area contributed by atoms with E-state index in [-0.39, 0.29) is 12.1 Å². The molecule has 0 unspecified atom stereocenters. The molecule has 2 heterocycles. The Morgan fingerprint density at radius 1 is 1.26 bits per heavy atom. The summed E-state index contributed by atoms with van der Waals surface area (Å²) in [6.45, 7) is 10.5. The first-order valence-corrected chi connectivity index (χ1v) is 7.89. The Hall–Kier alpha value is -2.37. The lowest BCUT2D eigenvalue weighted by Gasteiger charge is -2.17. The van der Waals surface area contributed by atoms with Gasteiger partial charge >= 0.3 is 6.03 Å². The van der Waals surface area contributed by atoms with Crippen LogP contribution in [0.1, 0.15) is 37.7 Å². The maximum atomic E-state index is 11.8. The van der Waals surface area contributed by atoms with E-state index >= 15 is 0 Å². The molecule has 23 heavy (non-hydrogen) atoms. The maximum Gasteiger partial charge on any atom is 0.315 e. The van der Waals surface area contributed by atoms with Gasteiger partial charge in [-0.2, -0.15) is 5.10 Å². The van der Waals surface area contributed by atoms with Crippen molar-refractivity contribution in [3.8, 4) is 5.82 Å². The lowest BCUT2D eigenvalue weighted by atomic mass is 10.1. The number of urea groups is 1. The largest absolute Gasteiger partial charge is 0.335 e. The van der Waals surface area contributed by atoms with Gasteiger partial charge in [0.2, 0.25) is 0 Å². The number of hydrogen-bond acceptors (Lipinski definition) is 3. The molecule has 0 aliphatic heterocycles. The van der Waals surface area contributed by atoms with E-state index in [0.717, 1.165) is 22.8 Å². The standard InChI is InChI=1S/C17H25N5O/c1-11(2)14(5)20-17(23)19-10-15-6-7-16(18-9-15)22-13(4)8-12(3)21-22/h6-9,11,14H,10H2,1-5H3,(H2,19,20,23)/t14-/m0/s1. The highest BCUT2D eigenvalue weighted by Gasteiger charge is 2.10. The zero-order valence-corrected chi connectivity index (χ0v) is 14.4. The molecule has 0 bridgehead atoms. The summed E-state index contributed by atoms with van der Waals surface area (Å²) < 4.78 is 1.81. The average Bonchev–Trinajstić information content (AvgIpc) is 2.84. The topological polar surface area (TPSA) is 71.8 Å². The van der Waals surface area contributed by atoms with Crippen LogP contribution >= 0.6 is 0 Å². The highest BCUT2D eigenvalue weighted by molar-refractivity contribution is 5.74. The summed E-state index contributed by atoms with van der Waals surface area (Å²) >= 11 is 0. The number of aromatic nitrogens is 3. The zero-order chi connectivity index (χ0) is 17.0. The van der Waals surface area contributed by atoms with Crippen molar-refractivity contribution in [3.05, 3.63) is 41.3 Å². The highest BCUT2D eigenvalue weighted by atomic mass is 16.2. The van der Waals surface area contributed by atoms with E-state index in [9.17, 15) is 4.79 Å². The molecule has 0 radical (unpaired) electrons. The van der Waals surface area contributed by atoms with Crippen LogP contribution in [-0.4, -0.2) is 26.8 Å². The predicted molar refractivity (Wildman–Crippen MR) is 90.5 cm³/mol. The molecule has 2 aromatic rings. The number of hydrogen-bond donors (Lipinski definition) is 2. The van der Waals surface area contributed by atoms with Gasteiger partial charge in [-0.15, -0.1) is 0 Å². The minimum Gasteiger partial charge on any atom is -0.335 e. The number of rotatable bonds is 5. The lowest BCUT2D eigenvalue weighted by Crippen LogP contribution is -2.42. The molecule has 124 valence electrons. The zero-order valence-electron chi connectivity index (χ0n) is 14.4. The monoisotopic (exact) mass is 315 g/mol. The van der Waals surface area contributed by atoms with E-state index in [0.29, 0.717) is 12.5 Å². The van der Waals surface area contributed by atoms with Crippen LogP contribution in [0.3, 0.4) is 0 Å². The van der Waals surface area contributed by atoms with Crippen molar-refractivity contribution in [2.75, 3.05) is 0 Å². The molecule has 2 amide bonds. The number of carbonyl (C=O) groups excluding carboxylic acids is 1. The Balaban J connectivity index is 1.93. The molecule has 1 atom stereocenters. The minimum atomic E-state index is -0.158. The Kier molecular flexibility index (Phi) is 5.36. The maximum absolute atomic E-state index is 11.8. The van der Waals surface area contributed by atoms with Gasteiger partial charge in [-0.05, 0) is 44.4 Å². The van der Waals surface area contributed by atoms with Gasteiger partial charge in [-0.25, -0.2) is 14.5 Å². The fourth-order valence-corrected chi connectivity index (χ4v) is 2.11.